The number of aromatic nitrogens is 2. The fraction of sp³-hybridized carbons (Fsp3) is 0. The molecule has 4 nitrogen and oxygen atoms in total. The predicted octanol–water partition coefficient (Wildman–Crippen LogP) is 13.8. The maximum Gasteiger partial charge on any atom is 0.161 e. The van der Waals surface area contributed by atoms with Gasteiger partial charge in [0.2, 0.25) is 0 Å². The van der Waals surface area contributed by atoms with E-state index >= 15 is 0 Å². The number of rotatable bonds is 5. The molecule has 0 fully saturated rings. The summed E-state index contributed by atoms with van der Waals surface area (Å²) in [6, 6.07) is 63.1. The van der Waals surface area contributed by atoms with Crippen LogP contribution in [0.1, 0.15) is 0 Å². The van der Waals surface area contributed by atoms with Crippen LogP contribution in [0.3, 0.4) is 0 Å². The summed E-state index contributed by atoms with van der Waals surface area (Å²) >= 11 is 0. The average molecular weight is 691 g/mol. The number of hydrogen-bond acceptors (Lipinski definition) is 4. The molecule has 0 unspecified atom stereocenters. The lowest BCUT2D eigenvalue weighted by Gasteiger charge is -2.18. The van der Waals surface area contributed by atoms with Gasteiger partial charge in [-0.1, -0.05) is 146 Å². The molecule has 0 aliphatic carbocycles. The van der Waals surface area contributed by atoms with Crippen LogP contribution in [-0.4, -0.2) is 9.97 Å². The quantitative estimate of drug-likeness (QED) is 0.180. The molecule has 0 atom stereocenters. The molecule has 8 aromatic carbocycles. The Morgan fingerprint density at radius 3 is 1.31 bits per heavy atom. The Kier molecular flexibility index (Phi) is 6.82. The monoisotopic (exact) mass is 690 g/mol. The molecule has 3 heterocycles. The standard InChI is InChI=1S/C50H30N2O2/c1-3-15-31(16-4-1)41-29-42(32-17-5-2-6-18-32)47(36-22-8-7-19-33(36)41)50-51-43(39-25-13-23-37-34-20-9-11-27-45(34)53-48(37)39)30-44(52-50)40-26-14-24-38-35-21-10-12-28-46(35)54-49(38)40/h1-30H. The second kappa shape index (κ2) is 12.1. The molecular formula is C50H30N2O2. The molecule has 0 N–H and O–H groups in total. The molecule has 0 spiro atoms. The normalized spacial score (nSPS) is 11.7. The van der Waals surface area contributed by atoms with Crippen molar-refractivity contribution in [2.45, 2.75) is 0 Å². The van der Waals surface area contributed by atoms with Gasteiger partial charge in [-0.15, -0.1) is 0 Å². The predicted molar refractivity (Wildman–Crippen MR) is 221 cm³/mol. The SMILES string of the molecule is c1ccc(-c2cc(-c3ccccc3)c3ccccc3c2-c2nc(-c3cccc4c3oc3ccccc34)cc(-c3cccc4c3oc3ccccc34)n2)cc1. The number of benzene rings is 8. The lowest BCUT2D eigenvalue weighted by Crippen LogP contribution is -1.99. The minimum absolute atomic E-state index is 0.624. The Morgan fingerprint density at radius 2 is 0.759 bits per heavy atom. The highest BCUT2D eigenvalue weighted by Crippen LogP contribution is 2.45. The van der Waals surface area contributed by atoms with E-state index in [0.717, 1.165) is 105 Å². The van der Waals surface area contributed by atoms with E-state index in [1.54, 1.807) is 0 Å². The highest BCUT2D eigenvalue weighted by molar-refractivity contribution is 6.13. The molecule has 11 aromatic rings. The molecule has 0 aliphatic heterocycles. The Morgan fingerprint density at radius 1 is 0.315 bits per heavy atom. The van der Waals surface area contributed by atoms with Gasteiger partial charge in [0.1, 0.15) is 22.3 Å². The van der Waals surface area contributed by atoms with Crippen molar-refractivity contribution < 1.29 is 8.83 Å². The maximum absolute atomic E-state index is 6.59. The van der Waals surface area contributed by atoms with Gasteiger partial charge in [0.15, 0.2) is 5.82 Å². The van der Waals surface area contributed by atoms with E-state index < -0.39 is 0 Å². The lowest BCUT2D eigenvalue weighted by atomic mass is 9.88. The molecule has 54 heavy (non-hydrogen) atoms. The van der Waals surface area contributed by atoms with E-state index in [2.05, 4.69) is 146 Å². The minimum atomic E-state index is 0.624. The molecule has 0 saturated heterocycles. The molecule has 252 valence electrons. The van der Waals surface area contributed by atoms with Gasteiger partial charge in [-0.2, -0.15) is 0 Å². The maximum atomic E-state index is 6.59. The van der Waals surface area contributed by atoms with Gasteiger partial charge in [-0.05, 0) is 69.4 Å². The topological polar surface area (TPSA) is 52.1 Å². The summed E-state index contributed by atoms with van der Waals surface area (Å²) in [5, 5.41) is 6.45. The van der Waals surface area contributed by atoms with Crippen LogP contribution in [0.15, 0.2) is 191 Å². The number of nitrogens with zero attached hydrogens (tertiary/aromatic N) is 2. The molecule has 0 saturated carbocycles. The van der Waals surface area contributed by atoms with Crippen molar-refractivity contribution in [1.29, 1.82) is 0 Å². The van der Waals surface area contributed by atoms with Crippen LogP contribution in [0.25, 0.3) is 111 Å². The minimum Gasteiger partial charge on any atom is -0.455 e. The summed E-state index contributed by atoms with van der Waals surface area (Å²) in [5.41, 5.74) is 12.0. The van der Waals surface area contributed by atoms with E-state index in [1.807, 2.05) is 36.4 Å². The van der Waals surface area contributed by atoms with Crippen molar-refractivity contribution in [2.75, 3.05) is 0 Å². The van der Waals surface area contributed by atoms with Crippen LogP contribution >= 0.6 is 0 Å². The van der Waals surface area contributed by atoms with E-state index in [-0.39, 0.29) is 0 Å². The lowest BCUT2D eigenvalue weighted by molar-refractivity contribution is 0.669. The van der Waals surface area contributed by atoms with Crippen LogP contribution in [0.2, 0.25) is 0 Å². The summed E-state index contributed by atoms with van der Waals surface area (Å²) in [6.45, 7) is 0. The van der Waals surface area contributed by atoms with Crippen LogP contribution in [0.5, 0.6) is 0 Å². The Hall–Kier alpha value is -7.30. The van der Waals surface area contributed by atoms with Crippen LogP contribution in [0, 0.1) is 0 Å². The van der Waals surface area contributed by atoms with E-state index in [1.165, 1.54) is 0 Å². The number of hydrogen-bond donors (Lipinski definition) is 0. The molecule has 3 aromatic heterocycles. The second-order valence-electron chi connectivity index (χ2n) is 13.6. The molecule has 0 aliphatic rings. The third kappa shape index (κ3) is 4.78. The van der Waals surface area contributed by atoms with Crippen molar-refractivity contribution in [3.05, 3.63) is 182 Å². The van der Waals surface area contributed by atoms with Crippen molar-refractivity contribution in [3.63, 3.8) is 0 Å². The van der Waals surface area contributed by atoms with Gasteiger partial charge < -0.3 is 8.83 Å². The fourth-order valence-electron chi connectivity index (χ4n) is 8.05. The molecule has 11 rings (SSSR count). The summed E-state index contributed by atoms with van der Waals surface area (Å²) in [6.07, 6.45) is 0. The zero-order valence-corrected chi connectivity index (χ0v) is 29.0. The summed E-state index contributed by atoms with van der Waals surface area (Å²) < 4.78 is 13.2. The van der Waals surface area contributed by atoms with Crippen LogP contribution in [0.4, 0.5) is 0 Å². The first-order valence-electron chi connectivity index (χ1n) is 18.2. The summed E-state index contributed by atoms with van der Waals surface area (Å²) in [4.78, 5) is 11.0. The molecule has 0 radical (unpaired) electrons. The number of fused-ring (bicyclic) bond motifs is 7. The summed E-state index contributed by atoms with van der Waals surface area (Å²) in [5.74, 6) is 0.624. The number of para-hydroxylation sites is 4. The van der Waals surface area contributed by atoms with Crippen molar-refractivity contribution in [3.8, 4) is 56.2 Å². The molecule has 4 heteroatoms. The largest absolute Gasteiger partial charge is 0.455 e. The first-order chi connectivity index (χ1) is 26.8. The Labute approximate surface area is 310 Å². The highest BCUT2D eigenvalue weighted by Gasteiger charge is 2.23. The third-order valence-electron chi connectivity index (χ3n) is 10.5. The number of furan rings is 2. The van der Waals surface area contributed by atoms with E-state index in [0.29, 0.717) is 5.82 Å². The van der Waals surface area contributed by atoms with Gasteiger partial charge >= 0.3 is 0 Å². The van der Waals surface area contributed by atoms with Gasteiger partial charge in [-0.25, -0.2) is 9.97 Å². The smallest absolute Gasteiger partial charge is 0.161 e. The van der Waals surface area contributed by atoms with Gasteiger partial charge in [-0.3, -0.25) is 0 Å². The molecular weight excluding hydrogens is 661 g/mol. The van der Waals surface area contributed by atoms with Crippen molar-refractivity contribution in [2.24, 2.45) is 0 Å². The highest BCUT2D eigenvalue weighted by atomic mass is 16.3. The first-order valence-corrected chi connectivity index (χ1v) is 18.2. The Bertz CT molecular complexity index is 3080. The van der Waals surface area contributed by atoms with E-state index in [9.17, 15) is 0 Å². The van der Waals surface area contributed by atoms with Crippen molar-refractivity contribution >= 4 is 54.6 Å². The van der Waals surface area contributed by atoms with Gasteiger partial charge in [0.05, 0.1) is 11.4 Å². The zero-order valence-electron chi connectivity index (χ0n) is 29.0. The second-order valence-corrected chi connectivity index (χ2v) is 13.6. The zero-order chi connectivity index (χ0) is 35.6. The van der Waals surface area contributed by atoms with Gasteiger partial charge in [0, 0.05) is 38.2 Å². The van der Waals surface area contributed by atoms with Gasteiger partial charge in [0.25, 0.3) is 0 Å². The first kappa shape index (κ1) is 30.3. The third-order valence-corrected chi connectivity index (χ3v) is 10.5. The average Bonchev–Trinajstić information content (AvgIpc) is 3.82. The molecule has 0 amide bonds. The Balaban J connectivity index is 1.26. The van der Waals surface area contributed by atoms with Crippen LogP contribution < -0.4 is 0 Å². The van der Waals surface area contributed by atoms with E-state index in [4.69, 9.17) is 18.8 Å². The van der Waals surface area contributed by atoms with Crippen molar-refractivity contribution in [1.82, 2.24) is 9.97 Å². The molecule has 0 bridgehead atoms. The summed E-state index contributed by atoms with van der Waals surface area (Å²) in [7, 11) is 0. The fourth-order valence-corrected chi connectivity index (χ4v) is 8.05. The van der Waals surface area contributed by atoms with Crippen LogP contribution in [-0.2, 0) is 0 Å².